The van der Waals surface area contributed by atoms with E-state index in [4.69, 9.17) is 14.2 Å². The third kappa shape index (κ3) is 5.58. The van der Waals surface area contributed by atoms with E-state index in [1.54, 1.807) is 13.8 Å². The lowest BCUT2D eigenvalue weighted by Gasteiger charge is -2.10. The van der Waals surface area contributed by atoms with Crippen LogP contribution >= 0.6 is 0 Å². The van der Waals surface area contributed by atoms with Crippen molar-refractivity contribution in [3.05, 3.63) is 29.3 Å². The fourth-order valence-electron chi connectivity index (χ4n) is 2.13. The van der Waals surface area contributed by atoms with Gasteiger partial charge in [-0.1, -0.05) is 0 Å². The Morgan fingerprint density at radius 2 is 1.46 bits per heavy atom. The molecule has 140 valence electrons. The van der Waals surface area contributed by atoms with Crippen LogP contribution in [0, 0.1) is 5.92 Å². The average Bonchev–Trinajstić information content (AvgIpc) is 3.45. The molecule has 1 N–H and O–H groups in total. The van der Waals surface area contributed by atoms with Crippen LogP contribution in [0.4, 0.5) is 5.69 Å². The van der Waals surface area contributed by atoms with Gasteiger partial charge >= 0.3 is 17.9 Å². The third-order valence-corrected chi connectivity index (χ3v) is 3.50. The summed E-state index contributed by atoms with van der Waals surface area (Å²) in [5.41, 5.74) is 0.399. The summed E-state index contributed by atoms with van der Waals surface area (Å²) in [6.45, 7) is 3.21. The normalized spacial score (nSPS) is 12.8. The Labute approximate surface area is 150 Å². The summed E-state index contributed by atoms with van der Waals surface area (Å²) < 4.78 is 14.7. The number of hydrogen-bond acceptors (Lipinski definition) is 7. The van der Waals surface area contributed by atoms with Gasteiger partial charge in [0, 0.05) is 5.69 Å². The van der Waals surface area contributed by atoms with Gasteiger partial charge in [-0.3, -0.25) is 9.59 Å². The van der Waals surface area contributed by atoms with Gasteiger partial charge in [-0.05, 0) is 44.9 Å². The molecule has 0 spiro atoms. The van der Waals surface area contributed by atoms with Gasteiger partial charge in [0.05, 0.1) is 30.3 Å². The van der Waals surface area contributed by atoms with Crippen molar-refractivity contribution >= 4 is 29.5 Å². The predicted molar refractivity (Wildman–Crippen MR) is 90.7 cm³/mol. The number of nitrogens with one attached hydrogen (secondary N) is 1. The molecular weight excluding hydrogens is 342 g/mol. The van der Waals surface area contributed by atoms with E-state index < -0.39 is 30.4 Å². The standard InChI is InChI=1S/C18H21NO7/c1-3-24-17(22)12-7-13(18(23)25-4-2)9-14(8-12)19-15(20)10-26-16(21)11-5-6-11/h7-9,11H,3-6,10H2,1-2H3,(H,19,20). The van der Waals surface area contributed by atoms with Gasteiger partial charge in [-0.15, -0.1) is 0 Å². The maximum atomic E-state index is 12.0. The van der Waals surface area contributed by atoms with Crippen LogP contribution in [0.25, 0.3) is 0 Å². The van der Waals surface area contributed by atoms with Crippen LogP contribution in [0.15, 0.2) is 18.2 Å². The Hall–Kier alpha value is -2.90. The maximum absolute atomic E-state index is 12.0. The minimum absolute atomic E-state index is 0.0997. The molecule has 1 aromatic carbocycles. The zero-order valence-corrected chi connectivity index (χ0v) is 14.7. The first-order valence-electron chi connectivity index (χ1n) is 8.40. The topological polar surface area (TPSA) is 108 Å². The lowest BCUT2D eigenvalue weighted by Crippen LogP contribution is -2.22. The van der Waals surface area contributed by atoms with E-state index >= 15 is 0 Å². The van der Waals surface area contributed by atoms with Crippen molar-refractivity contribution in [2.45, 2.75) is 26.7 Å². The Morgan fingerprint density at radius 1 is 0.923 bits per heavy atom. The number of hydrogen-bond donors (Lipinski definition) is 1. The van der Waals surface area contributed by atoms with Crippen LogP contribution in [-0.4, -0.2) is 43.6 Å². The minimum Gasteiger partial charge on any atom is -0.462 e. The first-order valence-corrected chi connectivity index (χ1v) is 8.40. The van der Waals surface area contributed by atoms with Crippen molar-refractivity contribution in [1.82, 2.24) is 0 Å². The van der Waals surface area contributed by atoms with Gasteiger partial charge < -0.3 is 19.5 Å². The summed E-state index contributed by atoms with van der Waals surface area (Å²) >= 11 is 0. The smallest absolute Gasteiger partial charge is 0.338 e. The molecule has 0 unspecified atom stereocenters. The highest BCUT2D eigenvalue weighted by molar-refractivity contribution is 6.00. The molecule has 0 atom stereocenters. The van der Waals surface area contributed by atoms with Crippen molar-refractivity contribution in [2.24, 2.45) is 5.92 Å². The Morgan fingerprint density at radius 3 is 1.92 bits per heavy atom. The summed E-state index contributed by atoms with van der Waals surface area (Å²) in [6, 6.07) is 4.08. The van der Waals surface area contributed by atoms with Crippen LogP contribution < -0.4 is 5.32 Å². The van der Waals surface area contributed by atoms with Gasteiger partial charge in [0.1, 0.15) is 0 Å². The second-order valence-corrected chi connectivity index (χ2v) is 5.67. The summed E-state index contributed by atoms with van der Waals surface area (Å²) in [5, 5.41) is 2.50. The molecule has 1 aromatic rings. The number of benzene rings is 1. The number of carbonyl (C=O) groups excluding carboxylic acids is 4. The lowest BCUT2D eigenvalue weighted by atomic mass is 10.1. The Kier molecular flexibility index (Phi) is 6.71. The van der Waals surface area contributed by atoms with Gasteiger partial charge in [0.2, 0.25) is 0 Å². The van der Waals surface area contributed by atoms with E-state index in [0.29, 0.717) is 0 Å². The molecule has 1 amide bonds. The Balaban J connectivity index is 2.11. The summed E-state index contributed by atoms with van der Waals surface area (Å²) in [6.07, 6.45) is 1.57. The zero-order valence-electron chi connectivity index (χ0n) is 14.7. The van der Waals surface area contributed by atoms with Crippen molar-refractivity contribution in [3.8, 4) is 0 Å². The number of carbonyl (C=O) groups is 4. The molecule has 8 heteroatoms. The maximum Gasteiger partial charge on any atom is 0.338 e. The third-order valence-electron chi connectivity index (χ3n) is 3.50. The van der Waals surface area contributed by atoms with Crippen molar-refractivity contribution < 1.29 is 33.4 Å². The van der Waals surface area contributed by atoms with E-state index in [1.807, 2.05) is 0 Å². The molecule has 0 aromatic heterocycles. The molecule has 0 saturated heterocycles. The van der Waals surface area contributed by atoms with Crippen molar-refractivity contribution in [3.63, 3.8) is 0 Å². The number of rotatable bonds is 8. The second kappa shape index (κ2) is 8.98. The van der Waals surface area contributed by atoms with Crippen molar-refractivity contribution in [2.75, 3.05) is 25.1 Å². The molecule has 1 saturated carbocycles. The molecule has 26 heavy (non-hydrogen) atoms. The van der Waals surface area contributed by atoms with Crippen LogP contribution in [0.5, 0.6) is 0 Å². The summed E-state index contributed by atoms with van der Waals surface area (Å²) in [7, 11) is 0. The first-order chi connectivity index (χ1) is 12.4. The molecule has 0 heterocycles. The molecule has 8 nitrogen and oxygen atoms in total. The van der Waals surface area contributed by atoms with E-state index in [0.717, 1.165) is 12.8 Å². The average molecular weight is 363 g/mol. The number of ether oxygens (including phenoxy) is 3. The number of esters is 3. The van der Waals surface area contributed by atoms with E-state index in [9.17, 15) is 19.2 Å². The van der Waals surface area contributed by atoms with Gasteiger partial charge in [0.25, 0.3) is 5.91 Å². The SMILES string of the molecule is CCOC(=O)c1cc(NC(=O)COC(=O)C2CC2)cc(C(=O)OCC)c1. The minimum atomic E-state index is -0.630. The summed E-state index contributed by atoms with van der Waals surface area (Å²) in [4.78, 5) is 47.3. The summed E-state index contributed by atoms with van der Waals surface area (Å²) in [5.74, 6) is -2.34. The predicted octanol–water partition coefficient (Wildman–Crippen LogP) is 1.93. The molecule has 1 aliphatic carbocycles. The quantitative estimate of drug-likeness (QED) is 0.555. The lowest BCUT2D eigenvalue weighted by molar-refractivity contribution is -0.148. The molecule has 1 aliphatic rings. The van der Waals surface area contributed by atoms with Crippen LogP contribution in [0.1, 0.15) is 47.4 Å². The highest BCUT2D eigenvalue weighted by atomic mass is 16.5. The largest absolute Gasteiger partial charge is 0.462 e. The number of amides is 1. The van der Waals surface area contributed by atoms with E-state index in [1.165, 1.54) is 18.2 Å². The fourth-order valence-corrected chi connectivity index (χ4v) is 2.13. The zero-order chi connectivity index (χ0) is 19.1. The van der Waals surface area contributed by atoms with Crippen molar-refractivity contribution in [1.29, 1.82) is 0 Å². The molecule has 2 rings (SSSR count). The van der Waals surface area contributed by atoms with Crippen LogP contribution in [0.3, 0.4) is 0 Å². The van der Waals surface area contributed by atoms with Gasteiger partial charge in [0.15, 0.2) is 6.61 Å². The Bertz CT molecular complexity index is 673. The van der Waals surface area contributed by atoms with Gasteiger partial charge in [-0.2, -0.15) is 0 Å². The van der Waals surface area contributed by atoms with E-state index in [2.05, 4.69) is 5.32 Å². The van der Waals surface area contributed by atoms with E-state index in [-0.39, 0.29) is 35.9 Å². The fraction of sp³-hybridized carbons (Fsp3) is 0.444. The highest BCUT2D eigenvalue weighted by Gasteiger charge is 2.31. The molecule has 0 radical (unpaired) electrons. The highest BCUT2D eigenvalue weighted by Crippen LogP contribution is 2.30. The van der Waals surface area contributed by atoms with Crippen LogP contribution in [0.2, 0.25) is 0 Å². The molecular formula is C18H21NO7. The molecule has 0 bridgehead atoms. The second-order valence-electron chi connectivity index (χ2n) is 5.67. The number of anilines is 1. The monoisotopic (exact) mass is 363 g/mol. The van der Waals surface area contributed by atoms with Crippen LogP contribution in [-0.2, 0) is 23.8 Å². The first kappa shape index (κ1) is 19.4. The molecule has 0 aliphatic heterocycles. The van der Waals surface area contributed by atoms with Gasteiger partial charge in [-0.25, -0.2) is 9.59 Å². The molecule has 1 fully saturated rings.